The first-order chi connectivity index (χ1) is 16.8. The van der Waals surface area contributed by atoms with Crippen molar-refractivity contribution in [2.45, 2.75) is 25.1 Å². The molecule has 0 aliphatic rings. The van der Waals surface area contributed by atoms with Crippen LogP contribution in [0.25, 0.3) is 11.0 Å². The monoisotopic (exact) mass is 483 g/mol. The third-order valence-electron chi connectivity index (χ3n) is 5.65. The number of carbonyl (C=O) groups is 1. The third kappa shape index (κ3) is 5.56. The second-order valence-electron chi connectivity index (χ2n) is 7.95. The smallest absolute Gasteiger partial charge is 0.449 e. The van der Waals surface area contributed by atoms with Gasteiger partial charge in [0.1, 0.15) is 11.5 Å². The molecule has 0 saturated heterocycles. The van der Waals surface area contributed by atoms with Gasteiger partial charge in [0.05, 0.1) is 31.3 Å². The SMILES string of the molecule is COc1ccc(OC)c(CCC(=O)NC(c2ccccc2)c2ccc3nc(C(F)(F)F)[nH]c3c2)c1. The highest BCUT2D eigenvalue weighted by atomic mass is 19.4. The molecule has 1 atom stereocenters. The van der Waals surface area contributed by atoms with Gasteiger partial charge >= 0.3 is 6.18 Å². The van der Waals surface area contributed by atoms with Crippen LogP contribution in [0.5, 0.6) is 11.5 Å². The molecule has 9 heteroatoms. The number of aromatic nitrogens is 2. The van der Waals surface area contributed by atoms with Crippen LogP contribution < -0.4 is 14.8 Å². The molecule has 0 saturated carbocycles. The van der Waals surface area contributed by atoms with Crippen molar-refractivity contribution < 1.29 is 27.4 Å². The summed E-state index contributed by atoms with van der Waals surface area (Å²) in [6.07, 6.45) is -3.98. The van der Waals surface area contributed by atoms with E-state index in [1.54, 1.807) is 38.5 Å². The Morgan fingerprint density at radius 2 is 1.77 bits per heavy atom. The van der Waals surface area contributed by atoms with E-state index < -0.39 is 18.0 Å². The number of alkyl halides is 3. The number of hydrogen-bond acceptors (Lipinski definition) is 4. The van der Waals surface area contributed by atoms with Crippen molar-refractivity contribution in [1.82, 2.24) is 15.3 Å². The topological polar surface area (TPSA) is 76.2 Å². The predicted molar refractivity (Wildman–Crippen MR) is 125 cm³/mol. The summed E-state index contributed by atoms with van der Waals surface area (Å²) in [7, 11) is 3.13. The molecule has 0 radical (unpaired) electrons. The van der Waals surface area contributed by atoms with Crippen LogP contribution in [-0.4, -0.2) is 30.1 Å². The van der Waals surface area contributed by atoms with Crippen LogP contribution in [0.3, 0.4) is 0 Å². The Morgan fingerprint density at radius 1 is 1.00 bits per heavy atom. The molecule has 0 aliphatic carbocycles. The maximum Gasteiger partial charge on any atom is 0.449 e. The second-order valence-corrected chi connectivity index (χ2v) is 7.95. The molecule has 1 aromatic heterocycles. The van der Waals surface area contributed by atoms with Gasteiger partial charge in [0.2, 0.25) is 11.7 Å². The first kappa shape index (κ1) is 24.1. The molecule has 2 N–H and O–H groups in total. The highest BCUT2D eigenvalue weighted by Gasteiger charge is 2.34. The minimum atomic E-state index is -4.58. The van der Waals surface area contributed by atoms with E-state index in [4.69, 9.17) is 9.47 Å². The summed E-state index contributed by atoms with van der Waals surface area (Å²) in [5.74, 6) is 0.0411. The lowest BCUT2D eigenvalue weighted by atomic mass is 9.97. The summed E-state index contributed by atoms with van der Waals surface area (Å²) in [5.41, 5.74) is 2.70. The lowest BCUT2D eigenvalue weighted by Crippen LogP contribution is -2.29. The number of imidazole rings is 1. The minimum Gasteiger partial charge on any atom is -0.497 e. The number of H-pyrrole nitrogens is 1. The summed E-state index contributed by atoms with van der Waals surface area (Å²) < 4.78 is 49.9. The van der Waals surface area contributed by atoms with Crippen molar-refractivity contribution in [3.63, 3.8) is 0 Å². The van der Waals surface area contributed by atoms with Crippen LogP contribution in [0.1, 0.15) is 35.0 Å². The molecule has 4 aromatic rings. The molecule has 0 bridgehead atoms. The van der Waals surface area contributed by atoms with Gasteiger partial charge in [-0.25, -0.2) is 4.98 Å². The molecule has 182 valence electrons. The van der Waals surface area contributed by atoms with Crippen molar-refractivity contribution in [3.05, 3.63) is 89.2 Å². The van der Waals surface area contributed by atoms with E-state index >= 15 is 0 Å². The minimum absolute atomic E-state index is 0.178. The van der Waals surface area contributed by atoms with Crippen molar-refractivity contribution in [2.24, 2.45) is 0 Å². The lowest BCUT2D eigenvalue weighted by Gasteiger charge is -2.20. The van der Waals surface area contributed by atoms with Gasteiger partial charge in [-0.15, -0.1) is 0 Å². The van der Waals surface area contributed by atoms with E-state index in [-0.39, 0.29) is 23.4 Å². The summed E-state index contributed by atoms with van der Waals surface area (Å²) in [6.45, 7) is 0. The van der Waals surface area contributed by atoms with Crippen LogP contribution in [0.15, 0.2) is 66.7 Å². The van der Waals surface area contributed by atoms with E-state index in [2.05, 4.69) is 15.3 Å². The van der Waals surface area contributed by atoms with E-state index in [0.29, 0.717) is 23.5 Å². The fourth-order valence-corrected chi connectivity index (χ4v) is 3.90. The number of methoxy groups -OCH3 is 2. The van der Waals surface area contributed by atoms with Crippen LogP contribution in [0.4, 0.5) is 13.2 Å². The van der Waals surface area contributed by atoms with Crippen molar-refractivity contribution in [1.29, 1.82) is 0 Å². The molecule has 1 heterocycles. The highest BCUT2D eigenvalue weighted by Crippen LogP contribution is 2.31. The average molecular weight is 483 g/mol. The summed E-state index contributed by atoms with van der Waals surface area (Å²) in [4.78, 5) is 18.9. The van der Waals surface area contributed by atoms with Gasteiger partial charge in [0.25, 0.3) is 0 Å². The fourth-order valence-electron chi connectivity index (χ4n) is 3.90. The van der Waals surface area contributed by atoms with Crippen LogP contribution >= 0.6 is 0 Å². The summed E-state index contributed by atoms with van der Waals surface area (Å²) >= 11 is 0. The van der Waals surface area contributed by atoms with Gasteiger partial charge in [-0.1, -0.05) is 36.4 Å². The quantitative estimate of drug-likeness (QED) is 0.350. The van der Waals surface area contributed by atoms with Crippen LogP contribution in [-0.2, 0) is 17.4 Å². The number of aryl methyl sites for hydroxylation is 1. The van der Waals surface area contributed by atoms with Crippen LogP contribution in [0, 0.1) is 0 Å². The molecule has 6 nitrogen and oxygen atoms in total. The number of amides is 1. The first-order valence-corrected chi connectivity index (χ1v) is 10.9. The fraction of sp³-hybridized carbons (Fsp3) is 0.231. The zero-order chi connectivity index (χ0) is 25.0. The Balaban J connectivity index is 1.58. The Morgan fingerprint density at radius 3 is 2.46 bits per heavy atom. The third-order valence-corrected chi connectivity index (χ3v) is 5.65. The highest BCUT2D eigenvalue weighted by molar-refractivity contribution is 5.79. The normalized spacial score (nSPS) is 12.4. The number of nitrogens with one attached hydrogen (secondary N) is 2. The van der Waals surface area contributed by atoms with E-state index in [1.165, 1.54) is 6.07 Å². The Hall–Kier alpha value is -4.01. The summed E-state index contributed by atoms with van der Waals surface area (Å²) in [6, 6.07) is 18.8. The Labute approximate surface area is 200 Å². The van der Waals surface area contributed by atoms with Gasteiger partial charge in [-0.3, -0.25) is 4.79 Å². The molecule has 1 amide bonds. The van der Waals surface area contributed by atoms with Gasteiger partial charge in [0, 0.05) is 6.42 Å². The van der Waals surface area contributed by atoms with Crippen molar-refractivity contribution in [3.8, 4) is 11.5 Å². The van der Waals surface area contributed by atoms with Gasteiger partial charge in [-0.05, 0) is 53.4 Å². The molecule has 0 fully saturated rings. The maximum absolute atomic E-state index is 13.1. The van der Waals surface area contributed by atoms with Crippen molar-refractivity contribution >= 4 is 16.9 Å². The molecule has 3 aromatic carbocycles. The lowest BCUT2D eigenvalue weighted by molar-refractivity contribution is -0.144. The average Bonchev–Trinajstić information content (AvgIpc) is 3.30. The van der Waals surface area contributed by atoms with E-state index in [9.17, 15) is 18.0 Å². The Bertz CT molecular complexity index is 1320. The summed E-state index contributed by atoms with van der Waals surface area (Å²) in [5, 5.41) is 3.02. The molecular weight excluding hydrogens is 459 g/mol. The van der Waals surface area contributed by atoms with Crippen LogP contribution in [0.2, 0.25) is 0 Å². The molecular formula is C26H24F3N3O3. The molecule has 4 rings (SSSR count). The maximum atomic E-state index is 13.1. The largest absolute Gasteiger partial charge is 0.497 e. The first-order valence-electron chi connectivity index (χ1n) is 10.9. The molecule has 35 heavy (non-hydrogen) atoms. The zero-order valence-corrected chi connectivity index (χ0v) is 19.1. The number of fused-ring (bicyclic) bond motifs is 1. The predicted octanol–water partition coefficient (Wildman–Crippen LogP) is 5.44. The molecule has 0 aliphatic heterocycles. The van der Waals surface area contributed by atoms with E-state index in [0.717, 1.165) is 11.1 Å². The number of halogens is 3. The number of benzene rings is 3. The zero-order valence-electron chi connectivity index (χ0n) is 19.1. The second kappa shape index (κ2) is 10.1. The van der Waals surface area contributed by atoms with Gasteiger partial charge in [-0.2, -0.15) is 13.2 Å². The number of nitrogens with zero attached hydrogens (tertiary/aromatic N) is 1. The van der Waals surface area contributed by atoms with E-state index in [1.807, 2.05) is 36.4 Å². The number of ether oxygens (including phenoxy) is 2. The number of rotatable bonds is 8. The number of hydrogen-bond donors (Lipinski definition) is 2. The number of aromatic amines is 1. The van der Waals surface area contributed by atoms with Gasteiger partial charge < -0.3 is 19.8 Å². The van der Waals surface area contributed by atoms with Gasteiger partial charge in [0.15, 0.2) is 0 Å². The molecule has 0 spiro atoms. The number of carbonyl (C=O) groups excluding carboxylic acids is 1. The Kier molecular flexibility index (Phi) is 6.95. The molecule has 1 unspecified atom stereocenters. The van der Waals surface area contributed by atoms with Crippen molar-refractivity contribution in [2.75, 3.05) is 14.2 Å². The standard InChI is InChI=1S/C26H24F3N3O3/c1-34-19-10-12-22(35-2)17(14-19)9-13-23(33)32-24(16-6-4-3-5-7-16)18-8-11-20-21(15-18)31-25(30-20)26(27,28)29/h3-8,10-12,14-15,24H,9,13H2,1-2H3,(H,30,31)(H,32,33).